The van der Waals surface area contributed by atoms with Gasteiger partial charge in [0.2, 0.25) is 0 Å². The molecule has 1 heteroatoms. The van der Waals surface area contributed by atoms with Crippen molar-refractivity contribution in [2.45, 2.75) is 40.5 Å². The highest BCUT2D eigenvalue weighted by atomic mass is 35.5. The Bertz CT molecular complexity index is 221. The van der Waals surface area contributed by atoms with Crippen LogP contribution in [0.15, 0.2) is 18.2 Å². The summed E-state index contributed by atoms with van der Waals surface area (Å²) in [5, 5.41) is 0.891. The topological polar surface area (TPSA) is 0 Å². The zero-order valence-corrected chi connectivity index (χ0v) is 9.78. The van der Waals surface area contributed by atoms with Crippen molar-refractivity contribution in [2.24, 2.45) is 0 Å². The average Bonchev–Trinajstić information content (AvgIpc) is 2.06. The minimum absolute atomic E-state index is 0.891. The fraction of sp³-hybridized carbons (Fsp3) is 0.500. The van der Waals surface area contributed by atoms with Crippen LogP contribution >= 0.6 is 11.6 Å². The van der Waals surface area contributed by atoms with Crippen LogP contribution in [0, 0.1) is 6.92 Å². The Morgan fingerprint density at radius 2 is 1.69 bits per heavy atom. The lowest BCUT2D eigenvalue weighted by Crippen LogP contribution is -1.85. The van der Waals surface area contributed by atoms with Crippen LogP contribution < -0.4 is 0 Å². The molecule has 0 atom stereocenters. The van der Waals surface area contributed by atoms with Gasteiger partial charge in [-0.15, -0.1) is 0 Å². The Balaban J connectivity index is 0.000000424. The van der Waals surface area contributed by atoms with Gasteiger partial charge in [-0.25, -0.2) is 0 Å². The second-order valence-corrected chi connectivity index (χ2v) is 3.50. The maximum Gasteiger partial charge on any atom is 0.0440 e. The summed E-state index contributed by atoms with van der Waals surface area (Å²) in [7, 11) is 0. The van der Waals surface area contributed by atoms with Crippen LogP contribution in [-0.4, -0.2) is 0 Å². The summed E-state index contributed by atoms with van der Waals surface area (Å²) >= 11 is 5.93. The smallest absolute Gasteiger partial charge is 0.0440 e. The van der Waals surface area contributed by atoms with E-state index in [1.54, 1.807) is 0 Å². The summed E-state index contributed by atoms with van der Waals surface area (Å²) < 4.78 is 0. The highest BCUT2D eigenvalue weighted by Crippen LogP contribution is 2.19. The predicted octanol–water partition coefficient (Wildman–Crippen LogP) is 4.63. The van der Waals surface area contributed by atoms with Gasteiger partial charge in [-0.2, -0.15) is 0 Å². The molecule has 0 bridgehead atoms. The molecule has 13 heavy (non-hydrogen) atoms. The van der Waals surface area contributed by atoms with Crippen LogP contribution in [-0.2, 0) is 6.42 Å². The maximum atomic E-state index is 5.93. The van der Waals surface area contributed by atoms with Crippen molar-refractivity contribution in [1.82, 2.24) is 0 Å². The second kappa shape index (κ2) is 6.97. The summed E-state index contributed by atoms with van der Waals surface area (Å²) in [5.74, 6) is 0. The minimum Gasteiger partial charge on any atom is -0.0840 e. The largest absolute Gasteiger partial charge is 0.0840 e. The SMILES string of the molecule is CCC.CCc1c(C)cccc1Cl. The number of halogens is 1. The fourth-order valence-corrected chi connectivity index (χ4v) is 1.47. The molecule has 1 aromatic carbocycles. The summed E-state index contributed by atoms with van der Waals surface area (Å²) in [6.07, 6.45) is 2.27. The molecule has 0 spiro atoms. The number of benzene rings is 1. The Hall–Kier alpha value is -0.490. The molecule has 0 aromatic heterocycles. The first-order valence-corrected chi connectivity index (χ1v) is 5.29. The molecule has 0 aliphatic rings. The summed E-state index contributed by atoms with van der Waals surface area (Å²) in [5.41, 5.74) is 2.55. The van der Waals surface area contributed by atoms with E-state index in [0.29, 0.717) is 0 Å². The summed E-state index contributed by atoms with van der Waals surface area (Å²) in [4.78, 5) is 0. The Labute approximate surface area is 86.9 Å². The lowest BCUT2D eigenvalue weighted by atomic mass is 10.1. The molecular weight excluding hydrogens is 180 g/mol. The molecule has 1 aromatic rings. The maximum absolute atomic E-state index is 5.93. The molecule has 0 saturated heterocycles. The highest BCUT2D eigenvalue weighted by molar-refractivity contribution is 6.31. The molecule has 0 nitrogen and oxygen atoms in total. The van der Waals surface area contributed by atoms with Gasteiger partial charge in [-0.3, -0.25) is 0 Å². The molecule has 0 unspecified atom stereocenters. The number of hydrogen-bond acceptors (Lipinski definition) is 0. The van der Waals surface area contributed by atoms with Crippen LogP contribution in [0.1, 0.15) is 38.3 Å². The molecule has 0 fully saturated rings. The van der Waals surface area contributed by atoms with Gasteiger partial charge in [0.15, 0.2) is 0 Å². The molecule has 0 heterocycles. The van der Waals surface area contributed by atoms with Gasteiger partial charge in [0.05, 0.1) is 0 Å². The van der Waals surface area contributed by atoms with Crippen LogP contribution in [0.2, 0.25) is 5.02 Å². The molecule has 0 amide bonds. The van der Waals surface area contributed by atoms with E-state index in [4.69, 9.17) is 11.6 Å². The van der Waals surface area contributed by atoms with E-state index in [1.165, 1.54) is 17.5 Å². The third kappa shape index (κ3) is 4.33. The van der Waals surface area contributed by atoms with Gasteiger partial charge in [-0.1, -0.05) is 50.9 Å². The van der Waals surface area contributed by atoms with Gasteiger partial charge in [0.25, 0.3) is 0 Å². The van der Waals surface area contributed by atoms with E-state index < -0.39 is 0 Å². The Morgan fingerprint density at radius 3 is 2.00 bits per heavy atom. The molecule has 1 rings (SSSR count). The zero-order valence-electron chi connectivity index (χ0n) is 9.02. The number of aryl methyl sites for hydroxylation is 1. The van der Waals surface area contributed by atoms with E-state index in [-0.39, 0.29) is 0 Å². The van der Waals surface area contributed by atoms with Gasteiger partial charge < -0.3 is 0 Å². The van der Waals surface area contributed by atoms with Crippen molar-refractivity contribution < 1.29 is 0 Å². The molecule has 0 aliphatic carbocycles. The highest BCUT2D eigenvalue weighted by Gasteiger charge is 1.98. The molecule has 0 radical (unpaired) electrons. The van der Waals surface area contributed by atoms with Gasteiger partial charge >= 0.3 is 0 Å². The van der Waals surface area contributed by atoms with Gasteiger partial charge in [0, 0.05) is 5.02 Å². The first-order chi connectivity index (χ1) is 6.17. The fourth-order valence-electron chi connectivity index (χ4n) is 1.11. The molecule has 74 valence electrons. The van der Waals surface area contributed by atoms with E-state index in [1.807, 2.05) is 12.1 Å². The standard InChI is InChI=1S/C9H11Cl.C3H8/c1-3-8-7(2)5-4-6-9(8)10;1-3-2/h4-6H,3H2,1-2H3;3H2,1-2H3. The zero-order chi connectivity index (χ0) is 10.3. The van der Waals surface area contributed by atoms with Gasteiger partial charge in [-0.05, 0) is 30.5 Å². The second-order valence-electron chi connectivity index (χ2n) is 3.10. The third-order valence-electron chi connectivity index (χ3n) is 1.71. The van der Waals surface area contributed by atoms with Crippen molar-refractivity contribution in [3.8, 4) is 0 Å². The first kappa shape index (κ1) is 12.5. The minimum atomic E-state index is 0.891. The molecular formula is C12H19Cl. The lowest BCUT2D eigenvalue weighted by molar-refractivity contribution is 1.09. The van der Waals surface area contributed by atoms with Crippen molar-refractivity contribution in [3.63, 3.8) is 0 Å². The van der Waals surface area contributed by atoms with Crippen LogP contribution in [0.5, 0.6) is 0 Å². The first-order valence-electron chi connectivity index (χ1n) is 4.91. The van der Waals surface area contributed by atoms with E-state index in [2.05, 4.69) is 33.8 Å². The van der Waals surface area contributed by atoms with Crippen molar-refractivity contribution in [3.05, 3.63) is 34.3 Å². The number of hydrogen-bond donors (Lipinski definition) is 0. The van der Waals surface area contributed by atoms with Crippen molar-refractivity contribution in [2.75, 3.05) is 0 Å². The van der Waals surface area contributed by atoms with E-state index in [9.17, 15) is 0 Å². The normalized spacial score (nSPS) is 9.00. The average molecular weight is 199 g/mol. The monoisotopic (exact) mass is 198 g/mol. The molecule has 0 aliphatic heterocycles. The molecule has 0 N–H and O–H groups in total. The van der Waals surface area contributed by atoms with E-state index >= 15 is 0 Å². The third-order valence-corrected chi connectivity index (χ3v) is 2.06. The van der Waals surface area contributed by atoms with Crippen molar-refractivity contribution >= 4 is 11.6 Å². The lowest BCUT2D eigenvalue weighted by Gasteiger charge is -2.03. The predicted molar refractivity (Wildman–Crippen MR) is 61.5 cm³/mol. The Kier molecular flexibility index (Phi) is 6.70. The number of rotatable bonds is 1. The molecule has 0 saturated carbocycles. The van der Waals surface area contributed by atoms with Crippen LogP contribution in [0.3, 0.4) is 0 Å². The quantitative estimate of drug-likeness (QED) is 0.618. The van der Waals surface area contributed by atoms with Crippen molar-refractivity contribution in [1.29, 1.82) is 0 Å². The van der Waals surface area contributed by atoms with E-state index in [0.717, 1.165) is 11.4 Å². The van der Waals surface area contributed by atoms with Gasteiger partial charge in [0.1, 0.15) is 0 Å². The summed E-state index contributed by atoms with van der Waals surface area (Å²) in [6, 6.07) is 6.01. The van der Waals surface area contributed by atoms with Crippen LogP contribution in [0.4, 0.5) is 0 Å². The Morgan fingerprint density at radius 1 is 1.15 bits per heavy atom. The summed E-state index contributed by atoms with van der Waals surface area (Å²) in [6.45, 7) is 8.46. The van der Waals surface area contributed by atoms with Crippen LogP contribution in [0.25, 0.3) is 0 Å².